The van der Waals surface area contributed by atoms with Crippen molar-refractivity contribution in [2.75, 3.05) is 25.0 Å². The minimum absolute atomic E-state index is 0. The Morgan fingerprint density at radius 3 is 2.78 bits per heavy atom. The van der Waals surface area contributed by atoms with Crippen LogP contribution in [0.15, 0.2) is 42.5 Å². The Hall–Kier alpha value is -2.08. The zero-order chi connectivity index (χ0) is 17.9. The molecule has 0 radical (unpaired) electrons. The van der Waals surface area contributed by atoms with Crippen molar-refractivity contribution in [1.29, 1.82) is 0 Å². The maximum absolute atomic E-state index is 12.2. The molecule has 144 valence electrons. The number of hydrogen-bond acceptors (Lipinski definition) is 3. The van der Waals surface area contributed by atoms with Gasteiger partial charge in [0.25, 0.3) is 0 Å². The van der Waals surface area contributed by atoms with Crippen molar-refractivity contribution in [2.24, 2.45) is 0 Å². The van der Waals surface area contributed by atoms with Crippen LogP contribution in [-0.4, -0.2) is 36.3 Å². The second-order valence-corrected chi connectivity index (χ2v) is 6.81. The van der Waals surface area contributed by atoms with Crippen molar-refractivity contribution >= 4 is 45.8 Å². The number of aromatic nitrogens is 1. The van der Waals surface area contributed by atoms with E-state index in [0.29, 0.717) is 6.54 Å². The smallest absolute Gasteiger partial charge is 0.238 e. The Bertz CT molecular complexity index is 932. The van der Waals surface area contributed by atoms with E-state index in [-0.39, 0.29) is 24.4 Å². The van der Waals surface area contributed by atoms with Gasteiger partial charge in [-0.15, -0.1) is 12.4 Å². The molecule has 1 aliphatic rings. The Balaban J connectivity index is 0.00000210. The molecule has 1 fully saturated rings. The average Bonchev–Trinajstić information content (AvgIpc) is 3.27. The van der Waals surface area contributed by atoms with E-state index >= 15 is 0 Å². The van der Waals surface area contributed by atoms with Gasteiger partial charge in [0, 0.05) is 47.2 Å². The van der Waals surface area contributed by atoms with E-state index in [4.69, 9.17) is 4.74 Å². The number of hydrogen-bond donors (Lipinski definition) is 2. The lowest BCUT2D eigenvalue weighted by Crippen LogP contribution is -2.33. The van der Waals surface area contributed by atoms with E-state index < -0.39 is 0 Å². The summed E-state index contributed by atoms with van der Waals surface area (Å²) in [6.07, 6.45) is 2.44. The van der Waals surface area contributed by atoms with E-state index in [1.807, 2.05) is 6.07 Å². The fourth-order valence-corrected chi connectivity index (χ4v) is 3.83. The number of nitrogens with zero attached hydrogens (tertiary/aromatic N) is 1. The fraction of sp³-hybridized carbons (Fsp3) is 0.381. The highest BCUT2D eigenvalue weighted by Crippen LogP contribution is 2.30. The summed E-state index contributed by atoms with van der Waals surface area (Å²) >= 11 is 0. The summed E-state index contributed by atoms with van der Waals surface area (Å²) < 4.78 is 7.86. The van der Waals surface area contributed by atoms with Gasteiger partial charge in [0.2, 0.25) is 5.91 Å². The first-order valence-corrected chi connectivity index (χ1v) is 9.39. The summed E-state index contributed by atoms with van der Waals surface area (Å²) in [5, 5.41) is 8.58. The zero-order valence-electron chi connectivity index (χ0n) is 15.5. The highest BCUT2D eigenvalue weighted by molar-refractivity contribution is 6.09. The molecule has 2 heterocycles. The molecule has 0 saturated carbocycles. The van der Waals surface area contributed by atoms with Crippen LogP contribution in [0, 0.1) is 0 Å². The van der Waals surface area contributed by atoms with Gasteiger partial charge < -0.3 is 19.9 Å². The number of halogens is 1. The van der Waals surface area contributed by atoms with Crippen LogP contribution in [0.4, 0.5) is 5.69 Å². The number of benzene rings is 2. The molecule has 0 spiro atoms. The summed E-state index contributed by atoms with van der Waals surface area (Å²) in [6, 6.07) is 14.5. The third-order valence-electron chi connectivity index (χ3n) is 5.05. The highest BCUT2D eigenvalue weighted by Gasteiger charge is 2.15. The lowest BCUT2D eigenvalue weighted by atomic mass is 10.1. The molecule has 1 aromatic heterocycles. The van der Waals surface area contributed by atoms with Crippen LogP contribution in [0.2, 0.25) is 0 Å². The number of carbonyl (C=O) groups is 1. The number of ether oxygens (including phenoxy) is 1. The number of rotatable bonds is 6. The first kappa shape index (κ1) is 19.7. The quantitative estimate of drug-likeness (QED) is 0.673. The zero-order valence-corrected chi connectivity index (χ0v) is 16.3. The third-order valence-corrected chi connectivity index (χ3v) is 5.05. The molecule has 0 bridgehead atoms. The summed E-state index contributed by atoms with van der Waals surface area (Å²) in [5.74, 6) is -0.0263. The molecule has 5 nitrogen and oxygen atoms in total. The van der Waals surface area contributed by atoms with Gasteiger partial charge in [0.1, 0.15) is 0 Å². The van der Waals surface area contributed by atoms with Crippen LogP contribution >= 0.6 is 12.4 Å². The monoisotopic (exact) mass is 387 g/mol. The Morgan fingerprint density at radius 1 is 1.19 bits per heavy atom. The molecule has 6 heteroatoms. The van der Waals surface area contributed by atoms with Crippen LogP contribution in [0.3, 0.4) is 0 Å². The number of aryl methyl sites for hydroxylation is 1. The van der Waals surface area contributed by atoms with E-state index in [0.717, 1.165) is 38.2 Å². The average molecular weight is 388 g/mol. The van der Waals surface area contributed by atoms with Gasteiger partial charge >= 0.3 is 0 Å². The minimum Gasteiger partial charge on any atom is -0.377 e. The lowest BCUT2D eigenvalue weighted by molar-refractivity contribution is -0.115. The largest absolute Gasteiger partial charge is 0.377 e. The predicted molar refractivity (Wildman–Crippen MR) is 113 cm³/mol. The molecule has 0 aliphatic carbocycles. The molecule has 3 aromatic rings. The predicted octanol–water partition coefficient (Wildman–Crippen LogP) is 3.94. The van der Waals surface area contributed by atoms with Gasteiger partial charge in [-0.3, -0.25) is 4.79 Å². The van der Waals surface area contributed by atoms with Crippen molar-refractivity contribution in [3.05, 3.63) is 42.5 Å². The summed E-state index contributed by atoms with van der Waals surface area (Å²) in [6.45, 7) is 4.94. The van der Waals surface area contributed by atoms with Crippen LogP contribution in [0.25, 0.3) is 21.8 Å². The normalized spacial score (nSPS) is 16.6. The molecule has 1 aliphatic heterocycles. The number of anilines is 1. The van der Waals surface area contributed by atoms with E-state index in [1.165, 1.54) is 21.8 Å². The Kier molecular flexibility index (Phi) is 6.37. The Morgan fingerprint density at radius 2 is 2.00 bits per heavy atom. The van der Waals surface area contributed by atoms with Crippen molar-refractivity contribution in [1.82, 2.24) is 9.88 Å². The van der Waals surface area contributed by atoms with Gasteiger partial charge in [-0.1, -0.05) is 18.2 Å². The van der Waals surface area contributed by atoms with Crippen LogP contribution in [0.1, 0.15) is 19.8 Å². The summed E-state index contributed by atoms with van der Waals surface area (Å²) in [4.78, 5) is 12.2. The molecule has 1 atom stereocenters. The SMILES string of the molecule is CCn1c2ccccc2c2cc(NC(=O)CNCC3CCCO3)ccc21.Cl. The third kappa shape index (κ3) is 4.10. The van der Waals surface area contributed by atoms with Crippen molar-refractivity contribution < 1.29 is 9.53 Å². The summed E-state index contributed by atoms with van der Waals surface area (Å²) in [7, 11) is 0. The van der Waals surface area contributed by atoms with Crippen LogP contribution < -0.4 is 10.6 Å². The highest BCUT2D eigenvalue weighted by atomic mass is 35.5. The molecule has 27 heavy (non-hydrogen) atoms. The molecule has 1 amide bonds. The van der Waals surface area contributed by atoms with Crippen molar-refractivity contribution in [2.45, 2.75) is 32.4 Å². The lowest BCUT2D eigenvalue weighted by Gasteiger charge is -2.11. The second-order valence-electron chi connectivity index (χ2n) is 6.81. The summed E-state index contributed by atoms with van der Waals surface area (Å²) in [5.41, 5.74) is 3.26. The molecule has 1 unspecified atom stereocenters. The number of fused-ring (bicyclic) bond motifs is 3. The maximum Gasteiger partial charge on any atom is 0.238 e. The van der Waals surface area contributed by atoms with E-state index in [9.17, 15) is 4.79 Å². The number of carbonyl (C=O) groups excluding carboxylic acids is 1. The van der Waals surface area contributed by atoms with Gasteiger partial charge in [0.15, 0.2) is 0 Å². The minimum atomic E-state index is -0.0263. The molecular formula is C21H26ClN3O2. The van der Waals surface area contributed by atoms with Gasteiger partial charge in [-0.2, -0.15) is 0 Å². The van der Waals surface area contributed by atoms with E-state index in [1.54, 1.807) is 0 Å². The standard InChI is InChI=1S/C21H25N3O2.ClH/c1-2-24-19-8-4-3-7-17(19)18-12-15(9-10-20(18)24)23-21(25)14-22-13-16-6-5-11-26-16;/h3-4,7-10,12,16,22H,2,5-6,11,13-14H2,1H3,(H,23,25);1H. The van der Waals surface area contributed by atoms with Gasteiger partial charge in [0.05, 0.1) is 12.6 Å². The second kappa shape index (κ2) is 8.74. The van der Waals surface area contributed by atoms with Gasteiger partial charge in [-0.05, 0) is 44.0 Å². The van der Waals surface area contributed by atoms with E-state index in [2.05, 4.69) is 58.5 Å². The maximum atomic E-state index is 12.2. The number of amides is 1. The molecule has 1 saturated heterocycles. The van der Waals surface area contributed by atoms with Crippen molar-refractivity contribution in [3.8, 4) is 0 Å². The Labute approximate surface area is 165 Å². The molecule has 2 N–H and O–H groups in total. The molecular weight excluding hydrogens is 362 g/mol. The number of para-hydroxylation sites is 1. The first-order valence-electron chi connectivity index (χ1n) is 9.39. The topological polar surface area (TPSA) is 55.3 Å². The van der Waals surface area contributed by atoms with Crippen LogP contribution in [-0.2, 0) is 16.1 Å². The van der Waals surface area contributed by atoms with Crippen molar-refractivity contribution in [3.63, 3.8) is 0 Å². The van der Waals surface area contributed by atoms with Gasteiger partial charge in [-0.25, -0.2) is 0 Å². The molecule has 2 aromatic carbocycles. The van der Waals surface area contributed by atoms with Crippen LogP contribution in [0.5, 0.6) is 0 Å². The first-order chi connectivity index (χ1) is 12.8. The fourth-order valence-electron chi connectivity index (χ4n) is 3.83. The number of nitrogens with one attached hydrogen (secondary N) is 2. The molecule has 4 rings (SSSR count).